The maximum absolute atomic E-state index is 12.1. The molecule has 2 aromatic rings. The highest BCUT2D eigenvalue weighted by molar-refractivity contribution is 9.10. The smallest absolute Gasteiger partial charge is 0.344 e. The molecule has 6 heteroatoms. The molecule has 0 aliphatic heterocycles. The average Bonchev–Trinajstić information content (AvgIpc) is 2.56. The SMILES string of the molecule is Cc1ccc(NC(=O)[C@H](C)OC(=O)COc2ccc(C)cc2Br)cc1. The predicted octanol–water partition coefficient (Wildman–Crippen LogP) is 4.02. The number of amides is 1. The van der Waals surface area contributed by atoms with Gasteiger partial charge in [0, 0.05) is 5.69 Å². The van der Waals surface area contributed by atoms with E-state index in [0.717, 1.165) is 15.6 Å². The molecule has 0 aliphatic rings. The largest absolute Gasteiger partial charge is 0.481 e. The van der Waals surface area contributed by atoms with Crippen LogP contribution in [0.4, 0.5) is 5.69 Å². The van der Waals surface area contributed by atoms with Gasteiger partial charge in [-0.2, -0.15) is 0 Å². The molecule has 0 aliphatic carbocycles. The summed E-state index contributed by atoms with van der Waals surface area (Å²) in [4.78, 5) is 23.9. The molecule has 0 aromatic heterocycles. The van der Waals surface area contributed by atoms with Crippen LogP contribution in [0.3, 0.4) is 0 Å². The monoisotopic (exact) mass is 405 g/mol. The summed E-state index contributed by atoms with van der Waals surface area (Å²) in [5.74, 6) is -0.466. The summed E-state index contributed by atoms with van der Waals surface area (Å²) in [5, 5.41) is 2.70. The van der Waals surface area contributed by atoms with Gasteiger partial charge in [0.1, 0.15) is 5.75 Å². The molecule has 5 nitrogen and oxygen atoms in total. The first-order valence-electron chi connectivity index (χ1n) is 7.81. The average molecular weight is 406 g/mol. The lowest BCUT2D eigenvalue weighted by molar-refractivity contribution is -0.155. The number of hydrogen-bond donors (Lipinski definition) is 1. The Morgan fingerprint density at radius 2 is 1.72 bits per heavy atom. The fourth-order valence-electron chi connectivity index (χ4n) is 2.03. The number of carbonyl (C=O) groups excluding carboxylic acids is 2. The van der Waals surface area contributed by atoms with Crippen LogP contribution < -0.4 is 10.1 Å². The highest BCUT2D eigenvalue weighted by Crippen LogP contribution is 2.25. The molecule has 132 valence electrons. The highest BCUT2D eigenvalue weighted by atomic mass is 79.9. The van der Waals surface area contributed by atoms with Crippen LogP contribution in [-0.4, -0.2) is 24.6 Å². The zero-order chi connectivity index (χ0) is 18.4. The summed E-state index contributed by atoms with van der Waals surface area (Å²) in [6.07, 6.45) is -0.918. The van der Waals surface area contributed by atoms with Gasteiger partial charge in [0.05, 0.1) is 4.47 Å². The van der Waals surface area contributed by atoms with Gasteiger partial charge in [-0.05, 0) is 66.5 Å². The van der Waals surface area contributed by atoms with Gasteiger partial charge in [-0.15, -0.1) is 0 Å². The van der Waals surface area contributed by atoms with E-state index in [9.17, 15) is 9.59 Å². The standard InChI is InChI=1S/C19H20BrNO4/c1-12-4-7-15(8-5-12)21-19(23)14(3)25-18(22)11-24-17-9-6-13(2)10-16(17)20/h4-10,14H,11H2,1-3H3,(H,21,23)/t14-/m0/s1. The summed E-state index contributed by atoms with van der Waals surface area (Å²) in [7, 11) is 0. The molecular weight excluding hydrogens is 386 g/mol. The van der Waals surface area contributed by atoms with E-state index in [1.54, 1.807) is 18.2 Å². The highest BCUT2D eigenvalue weighted by Gasteiger charge is 2.18. The van der Waals surface area contributed by atoms with Gasteiger partial charge in [-0.3, -0.25) is 4.79 Å². The van der Waals surface area contributed by atoms with Crippen LogP contribution in [0.15, 0.2) is 46.9 Å². The summed E-state index contributed by atoms with van der Waals surface area (Å²) in [5.41, 5.74) is 2.82. The Balaban J connectivity index is 1.82. The second-order valence-corrected chi connectivity index (χ2v) is 6.56. The fraction of sp³-hybridized carbons (Fsp3) is 0.263. The van der Waals surface area contributed by atoms with Gasteiger partial charge in [-0.25, -0.2) is 4.79 Å². The second-order valence-electron chi connectivity index (χ2n) is 5.71. The number of rotatable bonds is 6. The van der Waals surface area contributed by atoms with Crippen LogP contribution in [0.2, 0.25) is 0 Å². The van der Waals surface area contributed by atoms with Gasteiger partial charge >= 0.3 is 5.97 Å². The zero-order valence-corrected chi connectivity index (χ0v) is 15.9. The van der Waals surface area contributed by atoms with Crippen LogP contribution >= 0.6 is 15.9 Å². The van der Waals surface area contributed by atoms with Crippen LogP contribution in [0, 0.1) is 13.8 Å². The van der Waals surface area contributed by atoms with Gasteiger partial charge in [0.15, 0.2) is 12.7 Å². The fourth-order valence-corrected chi connectivity index (χ4v) is 2.63. The van der Waals surface area contributed by atoms with Gasteiger partial charge in [0.25, 0.3) is 5.91 Å². The number of benzene rings is 2. The number of nitrogens with one attached hydrogen (secondary N) is 1. The number of hydrogen-bond acceptors (Lipinski definition) is 4. The Bertz CT molecular complexity index is 759. The van der Waals surface area contributed by atoms with E-state index in [-0.39, 0.29) is 6.61 Å². The van der Waals surface area contributed by atoms with Crippen molar-refractivity contribution < 1.29 is 19.1 Å². The number of halogens is 1. The first kappa shape index (κ1) is 19.0. The third kappa shape index (κ3) is 5.90. The molecule has 2 aromatic carbocycles. The first-order chi connectivity index (χ1) is 11.8. The second kappa shape index (κ2) is 8.67. The Morgan fingerprint density at radius 1 is 1.08 bits per heavy atom. The number of esters is 1. The summed E-state index contributed by atoms with van der Waals surface area (Å²) in [6.45, 7) is 5.16. The first-order valence-corrected chi connectivity index (χ1v) is 8.60. The van der Waals surface area contributed by atoms with Crippen molar-refractivity contribution in [2.75, 3.05) is 11.9 Å². The van der Waals surface area contributed by atoms with Crippen molar-refractivity contribution in [2.24, 2.45) is 0 Å². The summed E-state index contributed by atoms with van der Waals surface area (Å²) < 4.78 is 11.3. The molecule has 1 N–H and O–H groups in total. The molecule has 25 heavy (non-hydrogen) atoms. The Morgan fingerprint density at radius 3 is 2.36 bits per heavy atom. The molecule has 1 atom stereocenters. The number of anilines is 1. The topological polar surface area (TPSA) is 64.6 Å². The minimum absolute atomic E-state index is 0.274. The third-order valence-electron chi connectivity index (χ3n) is 3.43. The van der Waals surface area contributed by atoms with Gasteiger partial charge < -0.3 is 14.8 Å². The van der Waals surface area contributed by atoms with Gasteiger partial charge in [-0.1, -0.05) is 23.8 Å². The predicted molar refractivity (Wildman–Crippen MR) is 99.7 cm³/mol. The van der Waals surface area contributed by atoms with E-state index < -0.39 is 18.0 Å². The van der Waals surface area contributed by atoms with Crippen molar-refractivity contribution in [3.63, 3.8) is 0 Å². The molecule has 2 rings (SSSR count). The molecule has 0 unspecified atom stereocenters. The third-order valence-corrected chi connectivity index (χ3v) is 4.05. The Labute approximate surface area is 155 Å². The van der Waals surface area contributed by atoms with Crippen LogP contribution in [0.1, 0.15) is 18.1 Å². The van der Waals surface area contributed by atoms with E-state index in [0.29, 0.717) is 11.4 Å². The van der Waals surface area contributed by atoms with Crippen molar-refractivity contribution in [1.82, 2.24) is 0 Å². The van der Waals surface area contributed by atoms with Crippen molar-refractivity contribution in [3.8, 4) is 5.75 Å². The lowest BCUT2D eigenvalue weighted by atomic mass is 10.2. The maximum atomic E-state index is 12.1. The van der Waals surface area contributed by atoms with E-state index in [4.69, 9.17) is 9.47 Å². The van der Waals surface area contributed by atoms with Crippen molar-refractivity contribution in [1.29, 1.82) is 0 Å². The summed E-state index contributed by atoms with van der Waals surface area (Å²) >= 11 is 3.37. The molecule has 0 heterocycles. The van der Waals surface area contributed by atoms with Crippen LogP contribution in [0.25, 0.3) is 0 Å². The number of carbonyl (C=O) groups is 2. The molecule has 1 amide bonds. The minimum Gasteiger partial charge on any atom is -0.481 e. The Kier molecular flexibility index (Phi) is 6.58. The maximum Gasteiger partial charge on any atom is 0.344 e. The van der Waals surface area contributed by atoms with E-state index in [2.05, 4.69) is 21.2 Å². The van der Waals surface area contributed by atoms with Crippen LogP contribution in [0.5, 0.6) is 5.75 Å². The molecule has 0 bridgehead atoms. The molecule has 0 saturated carbocycles. The number of aryl methyl sites for hydroxylation is 2. The minimum atomic E-state index is -0.918. The van der Waals surface area contributed by atoms with E-state index in [1.165, 1.54) is 6.92 Å². The molecule has 0 radical (unpaired) electrons. The molecule has 0 saturated heterocycles. The quantitative estimate of drug-likeness (QED) is 0.737. The van der Waals surface area contributed by atoms with Crippen molar-refractivity contribution >= 4 is 33.5 Å². The van der Waals surface area contributed by atoms with Crippen molar-refractivity contribution in [3.05, 3.63) is 58.1 Å². The zero-order valence-electron chi connectivity index (χ0n) is 14.3. The lowest BCUT2D eigenvalue weighted by Crippen LogP contribution is -2.31. The molecule has 0 fully saturated rings. The molecular formula is C19H20BrNO4. The normalized spacial score (nSPS) is 11.5. The number of ether oxygens (including phenoxy) is 2. The van der Waals surface area contributed by atoms with E-state index >= 15 is 0 Å². The van der Waals surface area contributed by atoms with Crippen molar-refractivity contribution in [2.45, 2.75) is 26.9 Å². The molecule has 0 spiro atoms. The lowest BCUT2D eigenvalue weighted by Gasteiger charge is -2.14. The summed E-state index contributed by atoms with van der Waals surface area (Å²) in [6, 6.07) is 12.9. The van der Waals surface area contributed by atoms with E-state index in [1.807, 2.05) is 38.1 Å². The van der Waals surface area contributed by atoms with Crippen LogP contribution in [-0.2, 0) is 14.3 Å². The Hall–Kier alpha value is -2.34. The van der Waals surface area contributed by atoms with Gasteiger partial charge in [0.2, 0.25) is 0 Å².